The van der Waals surface area contributed by atoms with E-state index in [9.17, 15) is 18.0 Å². The number of benzene rings is 2. The van der Waals surface area contributed by atoms with Gasteiger partial charge in [-0.25, -0.2) is 4.79 Å². The summed E-state index contributed by atoms with van der Waals surface area (Å²) in [5.41, 5.74) is 2.88. The molecular formula is C42H52F3N7O5. The Bertz CT molecular complexity index is 2120. The van der Waals surface area contributed by atoms with Crippen LogP contribution in [0.25, 0.3) is 39.0 Å². The minimum Gasteiger partial charge on any atom is -0.481 e. The molecule has 0 bridgehead atoms. The van der Waals surface area contributed by atoms with Crippen molar-refractivity contribution < 1.29 is 36.9 Å². The van der Waals surface area contributed by atoms with Crippen LogP contribution in [0.15, 0.2) is 31.0 Å². The van der Waals surface area contributed by atoms with E-state index in [1.807, 2.05) is 45.9 Å². The Morgan fingerprint density at radius 1 is 1.02 bits per heavy atom. The predicted octanol–water partition coefficient (Wildman–Crippen LogP) is 7.93. The summed E-state index contributed by atoms with van der Waals surface area (Å²) in [5.74, 6) is 0.553. The van der Waals surface area contributed by atoms with Crippen LogP contribution >= 0.6 is 0 Å². The monoisotopic (exact) mass is 791 g/mol. The third-order valence-electron chi connectivity index (χ3n) is 11.9. The lowest BCUT2D eigenvalue weighted by molar-refractivity contribution is -0.153. The molecule has 1 amide bonds. The van der Waals surface area contributed by atoms with E-state index in [0.717, 1.165) is 81.3 Å². The van der Waals surface area contributed by atoms with Crippen molar-refractivity contribution in [1.29, 1.82) is 0 Å². The van der Waals surface area contributed by atoms with Crippen LogP contribution in [0.3, 0.4) is 0 Å². The SMILES string of the molecule is C=Cc1cc2c(N3CCC4(CC3)CN(C(=O)OC(C)(C)C)C4)nc(OC3CCN(C4CCOCC4)CC3)nc2c(OCC(F)(F)F)c1-c1c(C)ccc2[nH]ncc12. The number of alkyl halides is 3. The van der Waals surface area contributed by atoms with Gasteiger partial charge in [0.1, 0.15) is 23.0 Å². The van der Waals surface area contributed by atoms with E-state index in [1.54, 1.807) is 17.2 Å². The lowest BCUT2D eigenvalue weighted by Gasteiger charge is -2.53. The highest BCUT2D eigenvalue weighted by molar-refractivity contribution is 6.07. The first-order valence-corrected chi connectivity index (χ1v) is 20.0. The number of carbonyl (C=O) groups excluding carboxylic acids is 1. The first kappa shape index (κ1) is 39.2. The van der Waals surface area contributed by atoms with Crippen molar-refractivity contribution in [2.24, 2.45) is 5.41 Å². The Hall–Kier alpha value is -4.63. The Kier molecular flexibility index (Phi) is 10.5. The molecule has 4 saturated heterocycles. The van der Waals surface area contributed by atoms with Gasteiger partial charge in [0.15, 0.2) is 12.4 Å². The normalized spacial score (nSPS) is 19.9. The van der Waals surface area contributed by atoms with Gasteiger partial charge in [0, 0.05) is 80.3 Å². The molecular weight excluding hydrogens is 740 g/mol. The number of amides is 1. The second-order valence-corrected chi connectivity index (χ2v) is 17.1. The highest BCUT2D eigenvalue weighted by atomic mass is 19.4. The van der Waals surface area contributed by atoms with E-state index in [0.29, 0.717) is 60.1 Å². The zero-order valence-electron chi connectivity index (χ0n) is 33.2. The molecule has 12 nitrogen and oxygen atoms in total. The standard InChI is InChI=1S/C42H52F3N7O5/c1-6-27-21-30-35(36(55-25-42(43,44)45)34(27)33-26(2)7-8-32-31(33)22-46-49-32)47-38(56-29-9-15-50(16-10-29)28-11-19-54-20-12-28)48-37(30)51-17-13-41(14-18-51)23-52(24-41)39(53)57-40(3,4)5/h6-8,21-22,28-29H,1,9-20,23-25H2,2-5H3,(H,46,49). The van der Waals surface area contributed by atoms with Crippen LogP contribution in [-0.4, -0.2) is 119 Å². The third kappa shape index (κ3) is 8.23. The van der Waals surface area contributed by atoms with Crippen molar-refractivity contribution in [3.63, 3.8) is 0 Å². The summed E-state index contributed by atoms with van der Waals surface area (Å²) in [6.07, 6.45) is 3.38. The maximum Gasteiger partial charge on any atom is 0.422 e. The van der Waals surface area contributed by atoms with Crippen LogP contribution in [0, 0.1) is 12.3 Å². The molecule has 2 aromatic heterocycles. The van der Waals surface area contributed by atoms with Crippen LogP contribution in [-0.2, 0) is 9.47 Å². The van der Waals surface area contributed by atoms with Gasteiger partial charge in [-0.05, 0) is 95.0 Å². The van der Waals surface area contributed by atoms with Crippen molar-refractivity contribution >= 4 is 39.8 Å². The number of ether oxygens (including phenoxy) is 4. The summed E-state index contributed by atoms with van der Waals surface area (Å²) in [6, 6.07) is 6.30. The number of aromatic amines is 1. The molecule has 0 unspecified atom stereocenters. The molecule has 0 aliphatic carbocycles. The Morgan fingerprint density at radius 3 is 2.40 bits per heavy atom. The Labute approximate surface area is 330 Å². The first-order valence-electron chi connectivity index (χ1n) is 20.0. The number of aromatic nitrogens is 4. The number of likely N-dealkylation sites (tertiary alicyclic amines) is 2. The molecule has 57 heavy (non-hydrogen) atoms. The molecule has 4 fully saturated rings. The molecule has 0 saturated carbocycles. The zero-order valence-corrected chi connectivity index (χ0v) is 33.2. The molecule has 1 spiro atoms. The highest BCUT2D eigenvalue weighted by Gasteiger charge is 2.48. The largest absolute Gasteiger partial charge is 0.481 e. The zero-order chi connectivity index (χ0) is 40.1. The van der Waals surface area contributed by atoms with Gasteiger partial charge < -0.3 is 28.7 Å². The summed E-state index contributed by atoms with van der Waals surface area (Å²) in [7, 11) is 0. The quantitative estimate of drug-likeness (QED) is 0.189. The van der Waals surface area contributed by atoms with Crippen LogP contribution in [0.4, 0.5) is 23.8 Å². The number of hydrogen-bond donors (Lipinski definition) is 1. The molecule has 4 aliphatic heterocycles. The number of rotatable bonds is 8. The fourth-order valence-electron chi connectivity index (χ4n) is 8.97. The number of fused-ring (bicyclic) bond motifs is 2. The number of carbonyl (C=O) groups is 1. The van der Waals surface area contributed by atoms with Gasteiger partial charge in [-0.1, -0.05) is 18.7 Å². The lowest BCUT2D eigenvalue weighted by Crippen LogP contribution is -2.62. The van der Waals surface area contributed by atoms with E-state index in [4.69, 9.17) is 28.9 Å². The van der Waals surface area contributed by atoms with Crippen molar-refractivity contribution in [3.05, 3.63) is 42.1 Å². The lowest BCUT2D eigenvalue weighted by atomic mass is 9.72. The summed E-state index contributed by atoms with van der Waals surface area (Å²) in [5, 5.41) is 8.51. The third-order valence-corrected chi connectivity index (χ3v) is 11.9. The summed E-state index contributed by atoms with van der Waals surface area (Å²) < 4.78 is 65.8. The number of anilines is 1. The predicted molar refractivity (Wildman–Crippen MR) is 212 cm³/mol. The minimum absolute atomic E-state index is 0.0140. The van der Waals surface area contributed by atoms with Gasteiger partial charge >= 0.3 is 18.3 Å². The highest BCUT2D eigenvalue weighted by Crippen LogP contribution is 2.48. The van der Waals surface area contributed by atoms with Crippen LogP contribution < -0.4 is 14.4 Å². The minimum atomic E-state index is -4.62. The second-order valence-electron chi connectivity index (χ2n) is 17.1. The van der Waals surface area contributed by atoms with Crippen molar-refractivity contribution in [3.8, 4) is 22.9 Å². The topological polar surface area (TPSA) is 118 Å². The van der Waals surface area contributed by atoms with Crippen LogP contribution in [0.5, 0.6) is 11.8 Å². The second kappa shape index (κ2) is 15.3. The molecule has 8 rings (SSSR count). The number of hydrogen-bond acceptors (Lipinski definition) is 10. The number of piperidine rings is 2. The van der Waals surface area contributed by atoms with Gasteiger partial charge in [-0.3, -0.25) is 10.00 Å². The number of nitrogens with one attached hydrogen (secondary N) is 1. The van der Waals surface area contributed by atoms with E-state index >= 15 is 0 Å². The van der Waals surface area contributed by atoms with E-state index in [1.165, 1.54) is 0 Å². The van der Waals surface area contributed by atoms with Crippen LogP contribution in [0.1, 0.15) is 70.4 Å². The molecule has 4 aliphatic rings. The number of aryl methyl sites for hydroxylation is 1. The van der Waals surface area contributed by atoms with E-state index in [-0.39, 0.29) is 34.9 Å². The van der Waals surface area contributed by atoms with E-state index < -0.39 is 18.4 Å². The molecule has 6 heterocycles. The molecule has 4 aromatic rings. The number of H-pyrrole nitrogens is 1. The van der Waals surface area contributed by atoms with Crippen molar-refractivity contribution in [2.75, 3.05) is 64.0 Å². The molecule has 1 N–H and O–H groups in total. The van der Waals surface area contributed by atoms with E-state index in [2.05, 4.69) is 26.6 Å². The summed E-state index contributed by atoms with van der Waals surface area (Å²) >= 11 is 0. The maximum atomic E-state index is 14.1. The average Bonchev–Trinajstić information content (AvgIpc) is 3.64. The van der Waals surface area contributed by atoms with Crippen molar-refractivity contribution in [2.45, 2.75) is 90.1 Å². The van der Waals surface area contributed by atoms with Gasteiger partial charge in [-0.2, -0.15) is 28.2 Å². The Morgan fingerprint density at radius 2 is 1.74 bits per heavy atom. The molecule has 0 atom stereocenters. The summed E-state index contributed by atoms with van der Waals surface area (Å²) in [6.45, 7) is 15.8. The maximum absolute atomic E-state index is 14.1. The smallest absolute Gasteiger partial charge is 0.422 e. The molecule has 2 aromatic carbocycles. The van der Waals surface area contributed by atoms with Gasteiger partial charge in [0.05, 0.1) is 11.7 Å². The molecule has 306 valence electrons. The number of halogens is 3. The first-order chi connectivity index (χ1) is 27.2. The summed E-state index contributed by atoms with van der Waals surface area (Å²) in [4.78, 5) is 29.1. The fourth-order valence-corrected chi connectivity index (χ4v) is 8.97. The average molecular weight is 792 g/mol. The number of nitrogens with zero attached hydrogens (tertiary/aromatic N) is 6. The van der Waals surface area contributed by atoms with Crippen molar-refractivity contribution in [1.82, 2.24) is 30.0 Å². The molecule has 15 heteroatoms. The molecule has 0 radical (unpaired) electrons. The van der Waals surface area contributed by atoms with Gasteiger partial charge in [0.2, 0.25) is 0 Å². The van der Waals surface area contributed by atoms with Crippen LogP contribution in [0.2, 0.25) is 0 Å². The Balaban J connectivity index is 1.18. The fraction of sp³-hybridized carbons (Fsp3) is 0.571. The van der Waals surface area contributed by atoms with Gasteiger partial charge in [-0.15, -0.1) is 0 Å². The van der Waals surface area contributed by atoms with Gasteiger partial charge in [0.25, 0.3) is 0 Å².